The number of fused-ring (bicyclic) bond motifs is 1. The number of hydrogen-bond donors (Lipinski definition) is 3. The summed E-state index contributed by atoms with van der Waals surface area (Å²) in [7, 11) is 0. The summed E-state index contributed by atoms with van der Waals surface area (Å²) in [6.07, 6.45) is 9.97. The van der Waals surface area contributed by atoms with Crippen molar-refractivity contribution in [3.05, 3.63) is 33.2 Å². The topological polar surface area (TPSA) is 88.0 Å². The van der Waals surface area contributed by atoms with Crippen molar-refractivity contribution in [2.24, 2.45) is 11.7 Å². The summed E-state index contributed by atoms with van der Waals surface area (Å²) in [6, 6.07) is 1.76. The van der Waals surface area contributed by atoms with Crippen LogP contribution in [0.15, 0.2) is 10.9 Å². The van der Waals surface area contributed by atoms with Crippen molar-refractivity contribution >= 4 is 18.3 Å². The van der Waals surface area contributed by atoms with Crippen molar-refractivity contribution < 1.29 is 4.79 Å². The molecule has 5 nitrogen and oxygen atoms in total. The number of amides is 1. The minimum Gasteiger partial charge on any atom is -0.348 e. The smallest absolute Gasteiger partial charge is 0.261 e. The molecule has 24 heavy (non-hydrogen) atoms. The number of halogens is 1. The van der Waals surface area contributed by atoms with E-state index in [2.05, 4.69) is 10.3 Å². The highest BCUT2D eigenvalue weighted by atomic mass is 35.5. The molecule has 0 radical (unpaired) electrons. The Hall–Kier alpha value is -1.33. The fraction of sp³-hybridized carbons (Fsp3) is 0.667. The molecule has 1 amide bonds. The highest BCUT2D eigenvalue weighted by Crippen LogP contribution is 2.26. The number of carbonyl (C=O) groups is 1. The van der Waals surface area contributed by atoms with Crippen LogP contribution in [-0.4, -0.2) is 23.5 Å². The average molecular weight is 354 g/mol. The molecule has 4 N–H and O–H groups in total. The predicted octanol–water partition coefficient (Wildman–Crippen LogP) is 2.31. The van der Waals surface area contributed by atoms with Gasteiger partial charge in [-0.3, -0.25) is 9.59 Å². The number of nitrogens with two attached hydrogens (primary N) is 1. The Balaban J connectivity index is 0.00000208. The summed E-state index contributed by atoms with van der Waals surface area (Å²) in [4.78, 5) is 27.7. The van der Waals surface area contributed by atoms with Gasteiger partial charge in [0.1, 0.15) is 5.56 Å². The van der Waals surface area contributed by atoms with E-state index in [1.165, 1.54) is 19.3 Å². The largest absolute Gasteiger partial charge is 0.348 e. The summed E-state index contributed by atoms with van der Waals surface area (Å²) < 4.78 is 0. The second-order valence-electron chi connectivity index (χ2n) is 6.94. The highest BCUT2D eigenvalue weighted by Gasteiger charge is 2.25. The van der Waals surface area contributed by atoms with Crippen LogP contribution in [0.5, 0.6) is 0 Å². The molecule has 1 aromatic heterocycles. The molecule has 1 unspecified atom stereocenters. The third kappa shape index (κ3) is 4.19. The predicted molar refractivity (Wildman–Crippen MR) is 97.8 cm³/mol. The minimum atomic E-state index is -0.277. The Kier molecular flexibility index (Phi) is 6.87. The lowest BCUT2D eigenvalue weighted by Crippen LogP contribution is -2.47. The molecule has 1 aromatic rings. The fourth-order valence-electron chi connectivity index (χ4n) is 4.00. The third-order valence-electron chi connectivity index (χ3n) is 5.37. The summed E-state index contributed by atoms with van der Waals surface area (Å²) in [5.74, 6) is 0.162. The van der Waals surface area contributed by atoms with Gasteiger partial charge in [-0.25, -0.2) is 0 Å². The fourth-order valence-corrected chi connectivity index (χ4v) is 4.00. The van der Waals surface area contributed by atoms with Crippen LogP contribution in [0.25, 0.3) is 0 Å². The lowest BCUT2D eigenvalue weighted by atomic mass is 9.84. The molecular formula is C18H28ClN3O2. The van der Waals surface area contributed by atoms with Crippen LogP contribution >= 0.6 is 12.4 Å². The van der Waals surface area contributed by atoms with Crippen LogP contribution in [-0.2, 0) is 12.8 Å². The maximum absolute atomic E-state index is 12.6. The summed E-state index contributed by atoms with van der Waals surface area (Å²) in [5, 5.41) is 3.02. The van der Waals surface area contributed by atoms with E-state index in [9.17, 15) is 9.59 Å². The molecule has 1 atom stereocenters. The molecule has 0 aromatic carbocycles. The maximum atomic E-state index is 12.6. The molecule has 2 aliphatic carbocycles. The van der Waals surface area contributed by atoms with Crippen LogP contribution < -0.4 is 16.6 Å². The molecule has 1 heterocycles. The number of carbonyl (C=O) groups excluding carboxylic acids is 1. The van der Waals surface area contributed by atoms with Gasteiger partial charge in [-0.1, -0.05) is 19.3 Å². The molecule has 3 rings (SSSR count). The standard InChI is InChI=1S/C18H27N3O2.ClH/c19-11-16(12-6-2-1-3-7-12)21-18(23)14-10-13-8-4-5-9-15(13)20-17(14)22;/h10,12,16H,1-9,11,19H2,(H,20,22)(H,21,23);1H. The highest BCUT2D eigenvalue weighted by molar-refractivity contribution is 5.94. The summed E-state index contributed by atoms with van der Waals surface area (Å²) >= 11 is 0. The molecular weight excluding hydrogens is 326 g/mol. The number of nitrogens with one attached hydrogen (secondary N) is 2. The zero-order valence-corrected chi connectivity index (χ0v) is 14.9. The van der Waals surface area contributed by atoms with E-state index in [-0.39, 0.29) is 35.5 Å². The molecule has 1 saturated carbocycles. The maximum Gasteiger partial charge on any atom is 0.261 e. The van der Waals surface area contributed by atoms with Crippen molar-refractivity contribution in [2.45, 2.75) is 63.8 Å². The van der Waals surface area contributed by atoms with E-state index in [1.54, 1.807) is 6.07 Å². The number of pyridine rings is 1. The molecule has 0 saturated heterocycles. The minimum absolute atomic E-state index is 0. The first-order chi connectivity index (χ1) is 11.2. The van der Waals surface area contributed by atoms with Gasteiger partial charge in [0.2, 0.25) is 0 Å². The second-order valence-corrected chi connectivity index (χ2v) is 6.94. The molecule has 0 aliphatic heterocycles. The molecule has 0 spiro atoms. The Labute approximate surface area is 149 Å². The van der Waals surface area contributed by atoms with Gasteiger partial charge in [-0.15, -0.1) is 12.4 Å². The number of aromatic nitrogens is 1. The van der Waals surface area contributed by atoms with E-state index in [0.29, 0.717) is 12.5 Å². The van der Waals surface area contributed by atoms with Gasteiger partial charge >= 0.3 is 0 Å². The van der Waals surface area contributed by atoms with Gasteiger partial charge in [0.05, 0.1) is 0 Å². The van der Waals surface area contributed by atoms with Crippen LogP contribution in [0.1, 0.15) is 66.6 Å². The quantitative estimate of drug-likeness (QED) is 0.776. The zero-order chi connectivity index (χ0) is 16.2. The van der Waals surface area contributed by atoms with Crippen molar-refractivity contribution in [3.63, 3.8) is 0 Å². The number of aryl methyl sites for hydroxylation is 2. The van der Waals surface area contributed by atoms with Gasteiger partial charge < -0.3 is 16.0 Å². The Morgan fingerprint density at radius 2 is 1.92 bits per heavy atom. The first-order valence-electron chi connectivity index (χ1n) is 8.95. The molecule has 134 valence electrons. The second kappa shape index (κ2) is 8.67. The van der Waals surface area contributed by atoms with E-state index < -0.39 is 0 Å². The zero-order valence-electron chi connectivity index (χ0n) is 14.1. The van der Waals surface area contributed by atoms with Crippen LogP contribution in [0.3, 0.4) is 0 Å². The van der Waals surface area contributed by atoms with Crippen molar-refractivity contribution in [3.8, 4) is 0 Å². The summed E-state index contributed by atoms with van der Waals surface area (Å²) in [6.45, 7) is 0.430. The Morgan fingerprint density at radius 3 is 2.62 bits per heavy atom. The number of aromatic amines is 1. The SMILES string of the molecule is Cl.NCC(NC(=O)c1cc2c([nH]c1=O)CCCC2)C1CCCCC1. The number of hydrogen-bond acceptors (Lipinski definition) is 3. The Bertz CT molecular complexity index is 623. The number of H-pyrrole nitrogens is 1. The van der Waals surface area contributed by atoms with Crippen LogP contribution in [0.2, 0.25) is 0 Å². The third-order valence-corrected chi connectivity index (χ3v) is 5.37. The van der Waals surface area contributed by atoms with Crippen molar-refractivity contribution in [1.29, 1.82) is 0 Å². The Morgan fingerprint density at radius 1 is 1.21 bits per heavy atom. The first-order valence-corrected chi connectivity index (χ1v) is 8.95. The normalized spacial score (nSPS) is 19.0. The number of rotatable bonds is 4. The average Bonchev–Trinajstić information content (AvgIpc) is 2.59. The van der Waals surface area contributed by atoms with Gasteiger partial charge in [-0.2, -0.15) is 0 Å². The van der Waals surface area contributed by atoms with Gasteiger partial charge in [0, 0.05) is 18.3 Å². The molecule has 0 bridgehead atoms. The van der Waals surface area contributed by atoms with Gasteiger partial charge in [0.25, 0.3) is 11.5 Å². The van der Waals surface area contributed by atoms with Crippen LogP contribution in [0, 0.1) is 5.92 Å². The summed E-state index contributed by atoms with van der Waals surface area (Å²) in [5.41, 5.74) is 7.95. The van der Waals surface area contributed by atoms with Crippen molar-refractivity contribution in [1.82, 2.24) is 10.3 Å². The van der Waals surface area contributed by atoms with E-state index in [1.807, 2.05) is 0 Å². The van der Waals surface area contributed by atoms with E-state index >= 15 is 0 Å². The monoisotopic (exact) mass is 353 g/mol. The van der Waals surface area contributed by atoms with E-state index in [0.717, 1.165) is 49.8 Å². The molecule has 6 heteroatoms. The first kappa shape index (κ1) is 19.0. The molecule has 2 aliphatic rings. The molecule has 1 fully saturated rings. The van der Waals surface area contributed by atoms with Gasteiger partial charge in [0.15, 0.2) is 0 Å². The van der Waals surface area contributed by atoms with Crippen LogP contribution in [0.4, 0.5) is 0 Å². The van der Waals surface area contributed by atoms with E-state index in [4.69, 9.17) is 5.73 Å². The lowest BCUT2D eigenvalue weighted by molar-refractivity contribution is 0.0914. The van der Waals surface area contributed by atoms with Crippen molar-refractivity contribution in [2.75, 3.05) is 6.54 Å². The van der Waals surface area contributed by atoms with Gasteiger partial charge in [-0.05, 0) is 56.1 Å². The lowest BCUT2D eigenvalue weighted by Gasteiger charge is -2.30.